The summed E-state index contributed by atoms with van der Waals surface area (Å²) in [5.41, 5.74) is 1.30. The number of hydrogen-bond donors (Lipinski definition) is 3. The molecule has 0 aromatic carbocycles. The molecule has 0 amide bonds. The van der Waals surface area contributed by atoms with E-state index in [0.29, 0.717) is 12.4 Å². The minimum atomic E-state index is 0.198. The van der Waals surface area contributed by atoms with Gasteiger partial charge < -0.3 is 20.5 Å². The van der Waals surface area contributed by atoms with Crippen LogP contribution in [0.15, 0.2) is 23.3 Å². The Balaban J connectivity index is 1.56. The van der Waals surface area contributed by atoms with Crippen molar-refractivity contribution in [2.24, 2.45) is 16.3 Å². The number of aliphatic hydroxyl groups excluding tert-OH is 1. The van der Waals surface area contributed by atoms with Gasteiger partial charge in [-0.15, -0.1) is 0 Å². The molecule has 2 aliphatic rings. The molecule has 6 heteroatoms. The summed E-state index contributed by atoms with van der Waals surface area (Å²) >= 11 is 0. The summed E-state index contributed by atoms with van der Waals surface area (Å²) in [6.07, 6.45) is 11.4. The van der Waals surface area contributed by atoms with Gasteiger partial charge in [-0.3, -0.25) is 0 Å². The number of ether oxygens (including phenoxy) is 1. The van der Waals surface area contributed by atoms with E-state index in [-0.39, 0.29) is 12.0 Å². The molecule has 156 valence electrons. The number of guanidine groups is 1. The summed E-state index contributed by atoms with van der Waals surface area (Å²) < 4.78 is 5.78. The molecule has 0 unspecified atom stereocenters. The average molecular weight is 389 g/mol. The maximum atomic E-state index is 9.52. The van der Waals surface area contributed by atoms with E-state index in [1.165, 1.54) is 44.9 Å². The van der Waals surface area contributed by atoms with Crippen LogP contribution in [0.5, 0.6) is 5.88 Å². The smallest absolute Gasteiger partial charge is 0.213 e. The van der Waals surface area contributed by atoms with Gasteiger partial charge in [-0.25, -0.2) is 9.98 Å². The molecule has 0 atom stereocenters. The van der Waals surface area contributed by atoms with Gasteiger partial charge in [-0.05, 0) is 62.0 Å². The van der Waals surface area contributed by atoms with Gasteiger partial charge >= 0.3 is 0 Å². The minimum Gasteiger partial charge on any atom is -0.477 e. The Hall–Kier alpha value is -1.82. The molecule has 2 aliphatic carbocycles. The Bertz CT molecular complexity index is 619. The van der Waals surface area contributed by atoms with Crippen LogP contribution in [0.25, 0.3) is 0 Å². The van der Waals surface area contributed by atoms with Gasteiger partial charge in [0.25, 0.3) is 0 Å². The van der Waals surface area contributed by atoms with E-state index in [4.69, 9.17) is 9.73 Å². The Morgan fingerprint density at radius 3 is 2.82 bits per heavy atom. The molecule has 0 saturated heterocycles. The highest BCUT2D eigenvalue weighted by Gasteiger charge is 2.31. The van der Waals surface area contributed by atoms with Crippen molar-refractivity contribution < 1.29 is 9.84 Å². The fourth-order valence-electron chi connectivity index (χ4n) is 3.95. The first-order valence-electron chi connectivity index (χ1n) is 10.9. The minimum absolute atomic E-state index is 0.198. The summed E-state index contributed by atoms with van der Waals surface area (Å²) in [6, 6.07) is 3.98. The molecule has 2 saturated carbocycles. The fraction of sp³-hybridized carbons (Fsp3) is 0.727. The summed E-state index contributed by atoms with van der Waals surface area (Å²) in [6.45, 7) is 5.39. The first-order chi connectivity index (χ1) is 13.7. The Morgan fingerprint density at radius 2 is 2.11 bits per heavy atom. The first kappa shape index (κ1) is 20.9. The van der Waals surface area contributed by atoms with Crippen LogP contribution in [0, 0.1) is 11.3 Å². The van der Waals surface area contributed by atoms with Gasteiger partial charge in [-0.1, -0.05) is 19.3 Å². The molecule has 2 fully saturated rings. The highest BCUT2D eigenvalue weighted by Crippen LogP contribution is 2.38. The van der Waals surface area contributed by atoms with Crippen molar-refractivity contribution in [1.29, 1.82) is 0 Å². The lowest BCUT2D eigenvalue weighted by Crippen LogP contribution is -2.44. The van der Waals surface area contributed by atoms with Crippen LogP contribution < -0.4 is 15.4 Å². The second-order valence-electron chi connectivity index (χ2n) is 8.34. The SMILES string of the molecule is CCNC(=NCc1ccnc(OCC2CC2)c1)NCC1(CCO)CCCCC1. The number of nitrogens with zero attached hydrogens (tertiary/aromatic N) is 2. The van der Waals surface area contributed by atoms with Crippen LogP contribution in [-0.2, 0) is 6.54 Å². The van der Waals surface area contributed by atoms with Gasteiger partial charge in [-0.2, -0.15) is 0 Å². The zero-order chi connectivity index (χ0) is 19.7. The Labute approximate surface area is 169 Å². The van der Waals surface area contributed by atoms with Crippen LogP contribution in [0.4, 0.5) is 0 Å². The van der Waals surface area contributed by atoms with Crippen LogP contribution >= 0.6 is 0 Å². The lowest BCUT2D eigenvalue weighted by atomic mass is 9.72. The van der Waals surface area contributed by atoms with Crippen molar-refractivity contribution in [3.63, 3.8) is 0 Å². The average Bonchev–Trinajstić information content (AvgIpc) is 3.54. The van der Waals surface area contributed by atoms with Crippen molar-refractivity contribution in [3.8, 4) is 5.88 Å². The first-order valence-corrected chi connectivity index (χ1v) is 10.9. The maximum absolute atomic E-state index is 9.52. The topological polar surface area (TPSA) is 78.8 Å². The summed E-state index contributed by atoms with van der Waals surface area (Å²) in [5, 5.41) is 16.4. The number of aromatic nitrogens is 1. The van der Waals surface area contributed by atoms with Crippen LogP contribution in [0.2, 0.25) is 0 Å². The monoisotopic (exact) mass is 388 g/mol. The van der Waals surface area contributed by atoms with E-state index in [9.17, 15) is 5.11 Å². The second kappa shape index (κ2) is 10.6. The van der Waals surface area contributed by atoms with Crippen LogP contribution in [0.1, 0.15) is 63.9 Å². The van der Waals surface area contributed by atoms with E-state index >= 15 is 0 Å². The van der Waals surface area contributed by atoms with Gasteiger partial charge in [0.2, 0.25) is 5.88 Å². The Kier molecular flexibility index (Phi) is 7.95. The fourth-order valence-corrected chi connectivity index (χ4v) is 3.95. The van der Waals surface area contributed by atoms with Gasteiger partial charge in [0, 0.05) is 32.0 Å². The van der Waals surface area contributed by atoms with E-state index in [1.807, 2.05) is 12.1 Å². The molecule has 1 aromatic rings. The third-order valence-electron chi connectivity index (χ3n) is 5.91. The molecule has 3 N–H and O–H groups in total. The van der Waals surface area contributed by atoms with Crippen LogP contribution in [0.3, 0.4) is 0 Å². The molecule has 0 radical (unpaired) electrons. The van der Waals surface area contributed by atoms with Crippen molar-refractivity contribution in [3.05, 3.63) is 23.9 Å². The maximum Gasteiger partial charge on any atom is 0.213 e. The third-order valence-corrected chi connectivity index (χ3v) is 5.91. The lowest BCUT2D eigenvalue weighted by Gasteiger charge is -2.37. The predicted octanol–water partition coefficient (Wildman–Crippen LogP) is 3.26. The molecule has 1 aromatic heterocycles. The number of pyridine rings is 1. The largest absolute Gasteiger partial charge is 0.477 e. The normalized spacial score (nSPS) is 19.3. The zero-order valence-electron chi connectivity index (χ0n) is 17.3. The molecule has 1 heterocycles. The summed E-state index contributed by atoms with van der Waals surface area (Å²) in [7, 11) is 0. The van der Waals surface area contributed by atoms with Gasteiger partial charge in [0.15, 0.2) is 5.96 Å². The standard InChI is InChI=1S/C22H36N4O2/c1-2-23-21(26-17-22(11-13-27)9-4-3-5-10-22)25-15-19-8-12-24-20(14-19)28-16-18-6-7-18/h8,12,14,18,27H,2-7,9-11,13,15-17H2,1H3,(H2,23,25,26). The molecule has 6 nitrogen and oxygen atoms in total. The van der Waals surface area contributed by atoms with Crippen LogP contribution in [-0.4, -0.2) is 42.4 Å². The van der Waals surface area contributed by atoms with E-state index in [2.05, 4.69) is 22.5 Å². The third kappa shape index (κ3) is 6.66. The molecule has 3 rings (SSSR count). The lowest BCUT2D eigenvalue weighted by molar-refractivity contribution is 0.131. The summed E-state index contributed by atoms with van der Waals surface area (Å²) in [5.74, 6) is 2.25. The van der Waals surface area contributed by atoms with E-state index in [0.717, 1.165) is 43.6 Å². The molecule has 0 bridgehead atoms. The van der Waals surface area contributed by atoms with Crippen molar-refractivity contribution in [2.75, 3.05) is 26.3 Å². The quantitative estimate of drug-likeness (QED) is 0.424. The highest BCUT2D eigenvalue weighted by molar-refractivity contribution is 5.79. The second-order valence-corrected chi connectivity index (χ2v) is 8.34. The molecular formula is C22H36N4O2. The van der Waals surface area contributed by atoms with E-state index in [1.54, 1.807) is 6.20 Å². The van der Waals surface area contributed by atoms with Gasteiger partial charge in [0.05, 0.1) is 13.2 Å². The molecule has 28 heavy (non-hydrogen) atoms. The zero-order valence-corrected chi connectivity index (χ0v) is 17.3. The van der Waals surface area contributed by atoms with Crippen molar-refractivity contribution in [1.82, 2.24) is 15.6 Å². The number of hydrogen-bond acceptors (Lipinski definition) is 4. The van der Waals surface area contributed by atoms with Crippen molar-refractivity contribution in [2.45, 2.75) is 64.8 Å². The number of aliphatic imine (C=N–C) groups is 1. The van der Waals surface area contributed by atoms with E-state index < -0.39 is 0 Å². The predicted molar refractivity (Wildman–Crippen MR) is 112 cm³/mol. The molecule has 0 aliphatic heterocycles. The Morgan fingerprint density at radius 1 is 1.29 bits per heavy atom. The molecule has 0 spiro atoms. The highest BCUT2D eigenvalue weighted by atomic mass is 16.5. The number of rotatable bonds is 10. The number of aliphatic hydroxyl groups is 1. The molecular weight excluding hydrogens is 352 g/mol. The summed E-state index contributed by atoms with van der Waals surface area (Å²) in [4.78, 5) is 9.06. The number of nitrogens with one attached hydrogen (secondary N) is 2. The van der Waals surface area contributed by atoms with Gasteiger partial charge in [0.1, 0.15) is 0 Å². The van der Waals surface area contributed by atoms with Crippen molar-refractivity contribution >= 4 is 5.96 Å².